The molecule has 0 fully saturated rings. The van der Waals surface area contributed by atoms with Gasteiger partial charge in [-0.1, -0.05) is 18.2 Å². The molecule has 2 aromatic rings. The molecule has 132 valence electrons. The third kappa shape index (κ3) is 4.51. The van der Waals surface area contributed by atoms with Gasteiger partial charge < -0.3 is 14.5 Å². The summed E-state index contributed by atoms with van der Waals surface area (Å²) in [4.78, 5) is 23.8. The van der Waals surface area contributed by atoms with E-state index in [1.54, 1.807) is 6.07 Å². The van der Waals surface area contributed by atoms with Crippen molar-refractivity contribution in [3.63, 3.8) is 0 Å². The van der Waals surface area contributed by atoms with Crippen molar-refractivity contribution in [3.8, 4) is 0 Å². The molecule has 0 spiro atoms. The number of carbonyl (C=O) groups is 2. The first kappa shape index (κ1) is 17.7. The van der Waals surface area contributed by atoms with E-state index >= 15 is 0 Å². The molecule has 1 amide bonds. The summed E-state index contributed by atoms with van der Waals surface area (Å²) in [6.07, 6.45) is 4.70. The van der Waals surface area contributed by atoms with Crippen LogP contribution in [0.25, 0.3) is 0 Å². The largest absolute Gasteiger partial charge is 0.450 e. The van der Waals surface area contributed by atoms with Crippen molar-refractivity contribution in [3.05, 3.63) is 57.5 Å². The van der Waals surface area contributed by atoms with Crippen LogP contribution in [0.3, 0.4) is 0 Å². The third-order valence-electron chi connectivity index (χ3n) is 4.36. The fraction of sp³-hybridized carbons (Fsp3) is 0.368. The maximum Gasteiger partial charge on any atom is 0.374 e. The Balaban J connectivity index is 1.53. The zero-order chi connectivity index (χ0) is 17.8. The molecule has 0 unspecified atom stereocenters. The predicted molar refractivity (Wildman–Crippen MR) is 96.3 cm³/mol. The van der Waals surface area contributed by atoms with Gasteiger partial charge in [0.2, 0.25) is 5.76 Å². The number of esters is 1. The molecule has 1 atom stereocenters. The molecule has 0 bridgehead atoms. The summed E-state index contributed by atoms with van der Waals surface area (Å²) in [6.45, 7) is 1.58. The average Bonchev–Trinajstić information content (AvgIpc) is 3.05. The van der Waals surface area contributed by atoms with Crippen molar-refractivity contribution in [2.75, 3.05) is 6.61 Å². The molecule has 1 aromatic heterocycles. The molecule has 0 saturated carbocycles. The zero-order valence-electron chi connectivity index (χ0n) is 14.0. The van der Waals surface area contributed by atoms with E-state index in [1.807, 2.05) is 6.92 Å². The molecular weight excluding hydrogens is 386 g/mol. The van der Waals surface area contributed by atoms with Gasteiger partial charge in [-0.15, -0.1) is 0 Å². The van der Waals surface area contributed by atoms with E-state index in [1.165, 1.54) is 30.0 Å². The lowest BCUT2D eigenvalue weighted by molar-refractivity contribution is -0.124. The Bertz CT molecular complexity index is 783. The van der Waals surface area contributed by atoms with Crippen LogP contribution in [-0.4, -0.2) is 18.5 Å². The van der Waals surface area contributed by atoms with Gasteiger partial charge in [-0.2, -0.15) is 0 Å². The second-order valence-corrected chi connectivity index (χ2v) is 6.99. The lowest BCUT2D eigenvalue weighted by Crippen LogP contribution is -2.31. The van der Waals surface area contributed by atoms with Crippen LogP contribution >= 0.6 is 15.9 Å². The van der Waals surface area contributed by atoms with Crippen LogP contribution in [-0.2, 0) is 22.4 Å². The number of carbonyl (C=O) groups excluding carboxylic acids is 2. The van der Waals surface area contributed by atoms with Gasteiger partial charge in [0, 0.05) is 0 Å². The highest BCUT2D eigenvalue weighted by Crippen LogP contribution is 2.24. The van der Waals surface area contributed by atoms with Gasteiger partial charge in [-0.25, -0.2) is 4.79 Å². The molecule has 1 aliphatic rings. The van der Waals surface area contributed by atoms with Gasteiger partial charge in [0.25, 0.3) is 5.91 Å². The molecule has 0 aliphatic heterocycles. The van der Waals surface area contributed by atoms with Gasteiger partial charge in [-0.3, -0.25) is 4.79 Å². The Labute approximate surface area is 154 Å². The Morgan fingerprint density at radius 3 is 2.68 bits per heavy atom. The van der Waals surface area contributed by atoms with E-state index < -0.39 is 5.97 Å². The van der Waals surface area contributed by atoms with E-state index in [2.05, 4.69) is 39.4 Å². The number of nitrogens with one attached hydrogen (secondary N) is 1. The molecule has 1 heterocycles. The van der Waals surface area contributed by atoms with Gasteiger partial charge in [0.05, 0.1) is 6.04 Å². The summed E-state index contributed by atoms with van der Waals surface area (Å²) >= 11 is 3.11. The monoisotopic (exact) mass is 405 g/mol. The number of ether oxygens (including phenoxy) is 1. The summed E-state index contributed by atoms with van der Waals surface area (Å²) < 4.78 is 10.5. The first-order chi connectivity index (χ1) is 12.0. The first-order valence-electron chi connectivity index (χ1n) is 8.36. The van der Waals surface area contributed by atoms with Crippen molar-refractivity contribution in [1.82, 2.24) is 5.32 Å². The lowest BCUT2D eigenvalue weighted by Gasteiger charge is -2.20. The number of hydrogen-bond donors (Lipinski definition) is 1. The lowest BCUT2D eigenvalue weighted by atomic mass is 9.89. The minimum absolute atomic E-state index is 0.0578. The minimum Gasteiger partial charge on any atom is -0.450 e. The molecule has 3 rings (SSSR count). The summed E-state index contributed by atoms with van der Waals surface area (Å²) in [5, 5.41) is 2.86. The van der Waals surface area contributed by atoms with Crippen molar-refractivity contribution >= 4 is 27.8 Å². The van der Waals surface area contributed by atoms with Gasteiger partial charge in [-0.05, 0) is 77.4 Å². The van der Waals surface area contributed by atoms with Crippen LogP contribution in [0, 0.1) is 0 Å². The molecule has 25 heavy (non-hydrogen) atoms. The second-order valence-electron chi connectivity index (χ2n) is 6.20. The number of fused-ring (bicyclic) bond motifs is 1. The summed E-state index contributed by atoms with van der Waals surface area (Å²) in [7, 11) is 0. The Morgan fingerprint density at radius 2 is 1.96 bits per heavy atom. The number of halogens is 1. The number of benzene rings is 1. The number of hydrogen-bond acceptors (Lipinski definition) is 4. The summed E-state index contributed by atoms with van der Waals surface area (Å²) in [6, 6.07) is 9.32. The molecular formula is C19H20BrNO4. The number of rotatable bonds is 5. The molecule has 1 aromatic carbocycles. The molecule has 5 nitrogen and oxygen atoms in total. The topological polar surface area (TPSA) is 68.5 Å². The Kier molecular flexibility index (Phi) is 5.58. The quantitative estimate of drug-likeness (QED) is 0.764. The van der Waals surface area contributed by atoms with Crippen LogP contribution in [0.2, 0.25) is 0 Å². The fourth-order valence-corrected chi connectivity index (χ4v) is 3.32. The molecule has 0 radical (unpaired) electrons. The SMILES string of the molecule is C[C@@H](NC(=O)COC(=O)c1ccc(Br)o1)c1ccc2c(c1)CCCC2. The van der Waals surface area contributed by atoms with E-state index in [4.69, 9.17) is 9.15 Å². The standard InChI is InChI=1S/C19H20BrNO4/c1-12(14-7-6-13-4-2-3-5-15(13)10-14)21-18(22)11-24-19(23)16-8-9-17(20)25-16/h6-10,12H,2-5,11H2,1H3,(H,21,22)/t12-/m1/s1. The van der Waals surface area contributed by atoms with Crippen LogP contribution in [0.15, 0.2) is 39.4 Å². The molecule has 1 N–H and O–H groups in total. The molecule has 1 aliphatic carbocycles. The number of aryl methyl sites for hydroxylation is 2. The Morgan fingerprint density at radius 1 is 1.20 bits per heavy atom. The highest BCUT2D eigenvalue weighted by molar-refractivity contribution is 9.10. The molecule has 6 heteroatoms. The normalized spacial score (nSPS) is 14.5. The smallest absolute Gasteiger partial charge is 0.374 e. The van der Waals surface area contributed by atoms with Crippen LogP contribution in [0.1, 0.15) is 53.1 Å². The van der Waals surface area contributed by atoms with Gasteiger partial charge >= 0.3 is 5.97 Å². The number of amides is 1. The Hall–Kier alpha value is -2.08. The predicted octanol–water partition coefficient (Wildman–Crippen LogP) is 3.96. The first-order valence-corrected chi connectivity index (χ1v) is 9.16. The van der Waals surface area contributed by atoms with Crippen molar-refractivity contribution in [2.24, 2.45) is 0 Å². The van der Waals surface area contributed by atoms with Crippen LogP contribution in [0.4, 0.5) is 0 Å². The maximum absolute atomic E-state index is 12.0. The van der Waals surface area contributed by atoms with E-state index in [0.29, 0.717) is 4.67 Å². The van der Waals surface area contributed by atoms with E-state index in [-0.39, 0.29) is 24.3 Å². The zero-order valence-corrected chi connectivity index (χ0v) is 15.6. The maximum atomic E-state index is 12.0. The van der Waals surface area contributed by atoms with Crippen molar-refractivity contribution in [1.29, 1.82) is 0 Å². The van der Waals surface area contributed by atoms with Crippen molar-refractivity contribution < 1.29 is 18.7 Å². The van der Waals surface area contributed by atoms with Crippen LogP contribution < -0.4 is 5.32 Å². The van der Waals surface area contributed by atoms with E-state index in [9.17, 15) is 9.59 Å². The van der Waals surface area contributed by atoms with E-state index in [0.717, 1.165) is 18.4 Å². The average molecular weight is 406 g/mol. The minimum atomic E-state index is -0.665. The van der Waals surface area contributed by atoms with Gasteiger partial charge in [0.1, 0.15) is 0 Å². The summed E-state index contributed by atoms with van der Waals surface area (Å²) in [5.41, 5.74) is 3.85. The summed E-state index contributed by atoms with van der Waals surface area (Å²) in [5.74, 6) is -0.950. The molecule has 0 saturated heterocycles. The number of furan rings is 1. The van der Waals surface area contributed by atoms with Gasteiger partial charge in [0.15, 0.2) is 11.3 Å². The van der Waals surface area contributed by atoms with Crippen molar-refractivity contribution in [2.45, 2.75) is 38.6 Å². The third-order valence-corrected chi connectivity index (χ3v) is 4.78. The highest BCUT2D eigenvalue weighted by atomic mass is 79.9. The second kappa shape index (κ2) is 7.87. The highest BCUT2D eigenvalue weighted by Gasteiger charge is 2.17. The van der Waals surface area contributed by atoms with Crippen LogP contribution in [0.5, 0.6) is 0 Å². The fourth-order valence-electron chi connectivity index (χ4n) is 3.02.